The molecule has 0 radical (unpaired) electrons. The first kappa shape index (κ1) is 17.4. The van der Waals surface area contributed by atoms with Gasteiger partial charge in [0.15, 0.2) is 0 Å². The molecular weight excluding hydrogens is 316 g/mol. The van der Waals surface area contributed by atoms with Crippen LogP contribution in [0.5, 0.6) is 0 Å². The average Bonchev–Trinajstić information content (AvgIpc) is 3.10. The lowest BCUT2D eigenvalue weighted by Crippen LogP contribution is -2.43. The van der Waals surface area contributed by atoms with Gasteiger partial charge in [0.1, 0.15) is 6.54 Å². The van der Waals surface area contributed by atoms with Gasteiger partial charge in [-0.2, -0.15) is 4.98 Å². The molecule has 1 amide bonds. The van der Waals surface area contributed by atoms with Crippen molar-refractivity contribution in [3.8, 4) is 11.4 Å². The molecule has 0 spiro atoms. The summed E-state index contributed by atoms with van der Waals surface area (Å²) in [5.41, 5.74) is 0.896. The van der Waals surface area contributed by atoms with Crippen molar-refractivity contribution in [1.29, 1.82) is 0 Å². The van der Waals surface area contributed by atoms with Gasteiger partial charge in [-0.25, -0.2) is 0 Å². The largest absolute Gasteiger partial charge is 0.337 e. The van der Waals surface area contributed by atoms with Crippen LogP contribution in [0.2, 0.25) is 0 Å². The molecule has 2 heterocycles. The van der Waals surface area contributed by atoms with E-state index in [4.69, 9.17) is 4.52 Å². The van der Waals surface area contributed by atoms with Crippen molar-refractivity contribution >= 4 is 5.91 Å². The molecule has 1 aliphatic heterocycles. The lowest BCUT2D eigenvalue weighted by atomic mass is 9.97. The quantitative estimate of drug-likeness (QED) is 0.757. The van der Waals surface area contributed by atoms with E-state index in [0.717, 1.165) is 31.5 Å². The smallest absolute Gasteiger partial charge is 0.246 e. The van der Waals surface area contributed by atoms with Crippen LogP contribution < -0.4 is 0 Å². The summed E-state index contributed by atoms with van der Waals surface area (Å²) in [6, 6.07) is 9.66. The molecule has 1 aromatic heterocycles. The Morgan fingerprint density at radius 2 is 2.24 bits per heavy atom. The fourth-order valence-electron chi connectivity index (χ4n) is 3.20. The summed E-state index contributed by atoms with van der Waals surface area (Å²) >= 11 is 0. The highest BCUT2D eigenvalue weighted by Crippen LogP contribution is 2.20. The highest BCUT2D eigenvalue weighted by Gasteiger charge is 2.28. The zero-order valence-electron chi connectivity index (χ0n) is 14.6. The predicted molar refractivity (Wildman–Crippen MR) is 95.6 cm³/mol. The van der Waals surface area contributed by atoms with Gasteiger partial charge in [0.25, 0.3) is 0 Å². The molecule has 1 unspecified atom stereocenters. The molecule has 1 fully saturated rings. The van der Waals surface area contributed by atoms with Gasteiger partial charge >= 0.3 is 0 Å². The van der Waals surface area contributed by atoms with E-state index in [1.165, 1.54) is 0 Å². The van der Waals surface area contributed by atoms with Gasteiger partial charge in [0.05, 0.1) is 5.92 Å². The van der Waals surface area contributed by atoms with E-state index in [0.29, 0.717) is 24.8 Å². The summed E-state index contributed by atoms with van der Waals surface area (Å²) in [5.74, 6) is 1.14. The Balaban J connectivity index is 1.70. The van der Waals surface area contributed by atoms with Gasteiger partial charge in [-0.1, -0.05) is 41.6 Å². The highest BCUT2D eigenvalue weighted by atomic mass is 16.5. The number of carbonyl (C=O) groups is 1. The normalized spacial score (nSPS) is 18.0. The number of amides is 1. The number of carbonyl (C=O) groups excluding carboxylic acids is 1. The van der Waals surface area contributed by atoms with E-state index in [1.807, 2.05) is 30.3 Å². The van der Waals surface area contributed by atoms with Gasteiger partial charge in [-0.3, -0.25) is 4.79 Å². The van der Waals surface area contributed by atoms with E-state index in [-0.39, 0.29) is 11.8 Å². The summed E-state index contributed by atoms with van der Waals surface area (Å²) in [7, 11) is 2.06. The standard InChI is InChI=1S/C19H24N4O2/c1-3-11-23(19(24)16-10-7-12-22(2)13-16)14-17-20-18(21-25-17)15-8-5-4-6-9-15/h3-6,8-9,16H,1,7,10-14H2,2H3. The van der Waals surface area contributed by atoms with Crippen molar-refractivity contribution in [3.63, 3.8) is 0 Å². The zero-order valence-corrected chi connectivity index (χ0v) is 14.6. The van der Waals surface area contributed by atoms with Gasteiger partial charge in [-0.05, 0) is 26.4 Å². The Labute approximate surface area is 148 Å². The minimum atomic E-state index is 0.0233. The molecule has 6 nitrogen and oxygen atoms in total. The van der Waals surface area contributed by atoms with Crippen LogP contribution in [0.3, 0.4) is 0 Å². The Morgan fingerprint density at radius 3 is 2.96 bits per heavy atom. The van der Waals surface area contributed by atoms with Crippen molar-refractivity contribution in [2.24, 2.45) is 5.92 Å². The zero-order chi connectivity index (χ0) is 17.6. The summed E-state index contributed by atoms with van der Waals surface area (Å²) in [6.45, 7) is 6.40. The van der Waals surface area contributed by atoms with Gasteiger partial charge < -0.3 is 14.3 Å². The number of aromatic nitrogens is 2. The van der Waals surface area contributed by atoms with E-state index < -0.39 is 0 Å². The van der Waals surface area contributed by atoms with Crippen LogP contribution in [0.25, 0.3) is 11.4 Å². The van der Waals surface area contributed by atoms with Crippen LogP contribution in [0.4, 0.5) is 0 Å². The maximum atomic E-state index is 12.9. The third kappa shape index (κ3) is 4.33. The summed E-state index contributed by atoms with van der Waals surface area (Å²) in [5, 5.41) is 4.03. The molecular formula is C19H24N4O2. The summed E-state index contributed by atoms with van der Waals surface area (Å²) in [6.07, 6.45) is 3.71. The average molecular weight is 340 g/mol. The van der Waals surface area contributed by atoms with Crippen LogP contribution in [-0.2, 0) is 11.3 Å². The van der Waals surface area contributed by atoms with E-state index in [2.05, 4.69) is 28.7 Å². The maximum absolute atomic E-state index is 12.9. The number of likely N-dealkylation sites (tertiary alicyclic amines) is 1. The topological polar surface area (TPSA) is 62.5 Å². The molecule has 132 valence electrons. The second-order valence-electron chi connectivity index (χ2n) is 6.49. The third-order valence-corrected chi connectivity index (χ3v) is 4.46. The van der Waals surface area contributed by atoms with Crippen LogP contribution in [-0.4, -0.2) is 52.5 Å². The lowest BCUT2D eigenvalue weighted by molar-refractivity contribution is -0.137. The molecule has 0 aliphatic carbocycles. The van der Waals surface area contributed by atoms with E-state index in [9.17, 15) is 4.79 Å². The fraction of sp³-hybridized carbons (Fsp3) is 0.421. The Hall–Kier alpha value is -2.47. The molecule has 6 heteroatoms. The number of benzene rings is 1. The SMILES string of the molecule is C=CCN(Cc1nc(-c2ccccc2)no1)C(=O)C1CCCN(C)C1. The number of nitrogens with zero attached hydrogens (tertiary/aromatic N) is 4. The predicted octanol–water partition coefficient (Wildman–Crippen LogP) is 2.59. The van der Waals surface area contributed by atoms with Crippen molar-refractivity contribution in [3.05, 3.63) is 48.9 Å². The minimum absolute atomic E-state index is 0.0233. The summed E-state index contributed by atoms with van der Waals surface area (Å²) < 4.78 is 5.35. The number of rotatable bonds is 6. The number of hydrogen-bond donors (Lipinski definition) is 0. The molecule has 1 atom stereocenters. The Kier molecular flexibility index (Phi) is 5.60. The third-order valence-electron chi connectivity index (χ3n) is 4.46. The molecule has 1 saturated heterocycles. The lowest BCUT2D eigenvalue weighted by Gasteiger charge is -2.32. The van der Waals surface area contributed by atoms with E-state index >= 15 is 0 Å². The molecule has 2 aromatic rings. The Morgan fingerprint density at radius 1 is 1.44 bits per heavy atom. The molecule has 0 bridgehead atoms. The van der Waals surface area contributed by atoms with Crippen LogP contribution in [0.15, 0.2) is 47.5 Å². The van der Waals surface area contributed by atoms with Crippen molar-refractivity contribution < 1.29 is 9.32 Å². The van der Waals surface area contributed by atoms with Gasteiger partial charge in [0.2, 0.25) is 17.6 Å². The fourth-order valence-corrected chi connectivity index (χ4v) is 3.20. The Bertz CT molecular complexity index is 713. The first-order valence-corrected chi connectivity index (χ1v) is 8.63. The first-order chi connectivity index (χ1) is 12.2. The van der Waals surface area contributed by atoms with Crippen molar-refractivity contribution in [1.82, 2.24) is 19.9 Å². The van der Waals surface area contributed by atoms with Crippen molar-refractivity contribution in [2.75, 3.05) is 26.7 Å². The maximum Gasteiger partial charge on any atom is 0.246 e. The monoisotopic (exact) mass is 340 g/mol. The van der Waals surface area contributed by atoms with Crippen molar-refractivity contribution in [2.45, 2.75) is 19.4 Å². The number of hydrogen-bond acceptors (Lipinski definition) is 5. The van der Waals surface area contributed by atoms with Crippen LogP contribution in [0.1, 0.15) is 18.7 Å². The second kappa shape index (κ2) is 8.07. The highest BCUT2D eigenvalue weighted by molar-refractivity contribution is 5.79. The first-order valence-electron chi connectivity index (χ1n) is 8.63. The van der Waals surface area contributed by atoms with E-state index in [1.54, 1.807) is 11.0 Å². The summed E-state index contributed by atoms with van der Waals surface area (Å²) in [4.78, 5) is 21.3. The van der Waals surface area contributed by atoms with Crippen LogP contribution in [0, 0.1) is 5.92 Å². The molecule has 1 aromatic carbocycles. The molecule has 1 aliphatic rings. The molecule has 0 saturated carbocycles. The molecule has 25 heavy (non-hydrogen) atoms. The molecule has 3 rings (SSSR count). The second-order valence-corrected chi connectivity index (χ2v) is 6.49. The molecule has 0 N–H and O–H groups in total. The van der Waals surface area contributed by atoms with Gasteiger partial charge in [0, 0.05) is 18.7 Å². The minimum Gasteiger partial charge on any atom is -0.337 e. The van der Waals surface area contributed by atoms with Gasteiger partial charge in [-0.15, -0.1) is 6.58 Å². The van der Waals surface area contributed by atoms with Crippen LogP contribution >= 0.6 is 0 Å². The number of piperidine rings is 1.